The molecule has 1 fully saturated rings. The Morgan fingerprint density at radius 2 is 1.67 bits per heavy atom. The lowest BCUT2D eigenvalue weighted by molar-refractivity contribution is -0.140. The number of carbonyl (C=O) groups is 2. The van der Waals surface area contributed by atoms with Gasteiger partial charge in [0.2, 0.25) is 21.8 Å². The van der Waals surface area contributed by atoms with Crippen molar-refractivity contribution in [2.75, 3.05) is 31.3 Å². The molecule has 3 aromatic carbocycles. The van der Waals surface area contributed by atoms with Gasteiger partial charge in [-0.1, -0.05) is 78.9 Å². The van der Waals surface area contributed by atoms with Crippen molar-refractivity contribution in [2.45, 2.75) is 57.2 Å². The highest BCUT2D eigenvalue weighted by Crippen LogP contribution is 2.34. The van der Waals surface area contributed by atoms with E-state index in [-0.39, 0.29) is 36.4 Å². The lowest BCUT2D eigenvalue weighted by Crippen LogP contribution is -2.55. The van der Waals surface area contributed by atoms with E-state index in [1.165, 1.54) is 25.2 Å². The van der Waals surface area contributed by atoms with E-state index in [4.69, 9.17) is 32.7 Å². The summed E-state index contributed by atoms with van der Waals surface area (Å²) in [5.74, 6) is -0.298. The quantitative estimate of drug-likeness (QED) is 0.243. The fourth-order valence-electron chi connectivity index (χ4n) is 5.52. The van der Waals surface area contributed by atoms with E-state index in [0.29, 0.717) is 21.4 Å². The van der Waals surface area contributed by atoms with E-state index >= 15 is 0 Å². The highest BCUT2D eigenvalue weighted by molar-refractivity contribution is 7.92. The number of nitrogens with zero attached hydrogens (tertiary/aromatic N) is 2. The predicted octanol–water partition coefficient (Wildman–Crippen LogP) is 5.87. The molecule has 0 unspecified atom stereocenters. The van der Waals surface area contributed by atoms with E-state index in [0.717, 1.165) is 48.2 Å². The summed E-state index contributed by atoms with van der Waals surface area (Å²) in [5.41, 5.74) is 1.53. The number of sulfonamides is 1. The summed E-state index contributed by atoms with van der Waals surface area (Å²) in [4.78, 5) is 29.9. The predicted molar refractivity (Wildman–Crippen MR) is 178 cm³/mol. The Balaban J connectivity index is 1.78. The first kappa shape index (κ1) is 34.4. The van der Waals surface area contributed by atoms with Crippen LogP contribution in [-0.4, -0.2) is 64.2 Å². The summed E-state index contributed by atoms with van der Waals surface area (Å²) >= 11 is 12.7. The summed E-state index contributed by atoms with van der Waals surface area (Å²) in [7, 11) is -1.14. The molecule has 9 nitrogen and oxygen atoms in total. The first-order valence-electron chi connectivity index (χ1n) is 14.8. The minimum atomic E-state index is -4.01. The Hall–Kier alpha value is -3.47. The number of nitrogens with one attached hydrogen (secondary N) is 1. The molecule has 1 N–H and O–H groups in total. The van der Waals surface area contributed by atoms with Crippen molar-refractivity contribution in [3.8, 4) is 11.5 Å². The molecule has 0 bridgehead atoms. The van der Waals surface area contributed by atoms with Crippen LogP contribution in [0.3, 0.4) is 0 Å². The van der Waals surface area contributed by atoms with Gasteiger partial charge in [0, 0.05) is 35.1 Å². The van der Waals surface area contributed by atoms with E-state index in [1.54, 1.807) is 30.3 Å². The van der Waals surface area contributed by atoms with Crippen LogP contribution in [0.25, 0.3) is 0 Å². The maximum atomic E-state index is 14.4. The molecule has 242 valence electrons. The maximum absolute atomic E-state index is 14.4. The topological polar surface area (TPSA) is 105 Å². The number of rotatable bonds is 13. The van der Waals surface area contributed by atoms with Crippen LogP contribution in [-0.2, 0) is 32.6 Å². The van der Waals surface area contributed by atoms with Crippen LogP contribution in [0.1, 0.15) is 43.2 Å². The second-order valence-electron chi connectivity index (χ2n) is 11.1. The van der Waals surface area contributed by atoms with Gasteiger partial charge in [-0.25, -0.2) is 8.42 Å². The van der Waals surface area contributed by atoms with Gasteiger partial charge in [0.25, 0.3) is 0 Å². The zero-order valence-corrected chi connectivity index (χ0v) is 28.0. The van der Waals surface area contributed by atoms with E-state index in [1.807, 2.05) is 30.3 Å². The van der Waals surface area contributed by atoms with Gasteiger partial charge in [0.05, 0.1) is 26.2 Å². The second kappa shape index (κ2) is 15.7. The highest BCUT2D eigenvalue weighted by atomic mass is 35.5. The van der Waals surface area contributed by atoms with Crippen LogP contribution in [0.5, 0.6) is 11.5 Å². The van der Waals surface area contributed by atoms with Crippen molar-refractivity contribution in [1.82, 2.24) is 10.2 Å². The average Bonchev–Trinajstić information content (AvgIpc) is 3.02. The zero-order valence-electron chi connectivity index (χ0n) is 25.7. The molecule has 0 spiro atoms. The van der Waals surface area contributed by atoms with Crippen LogP contribution in [0.15, 0.2) is 66.7 Å². The smallest absolute Gasteiger partial charge is 0.244 e. The molecule has 12 heteroatoms. The Bertz CT molecular complexity index is 1580. The van der Waals surface area contributed by atoms with Crippen molar-refractivity contribution in [3.05, 3.63) is 87.9 Å². The summed E-state index contributed by atoms with van der Waals surface area (Å²) < 4.78 is 38.2. The highest BCUT2D eigenvalue weighted by Gasteiger charge is 2.35. The third-order valence-electron chi connectivity index (χ3n) is 7.91. The van der Waals surface area contributed by atoms with Crippen LogP contribution in [0, 0.1) is 0 Å². The summed E-state index contributed by atoms with van der Waals surface area (Å²) in [6.07, 6.45) is 6.09. The number of methoxy groups -OCH3 is 2. The zero-order chi connectivity index (χ0) is 32.6. The number of halogens is 2. The summed E-state index contributed by atoms with van der Waals surface area (Å²) in [6.45, 7) is -0.660. The fourth-order valence-corrected chi connectivity index (χ4v) is 6.83. The van der Waals surface area contributed by atoms with Gasteiger partial charge in [0.15, 0.2) is 0 Å². The lowest BCUT2D eigenvalue weighted by atomic mass is 9.94. The minimum Gasteiger partial charge on any atom is -0.497 e. The molecule has 1 atom stereocenters. The van der Waals surface area contributed by atoms with Crippen LogP contribution >= 0.6 is 23.2 Å². The van der Waals surface area contributed by atoms with Gasteiger partial charge in [-0.05, 0) is 48.2 Å². The number of carbonyl (C=O) groups excluding carboxylic acids is 2. The van der Waals surface area contributed by atoms with Crippen molar-refractivity contribution in [3.63, 3.8) is 0 Å². The molecule has 4 rings (SSSR count). The monoisotopic (exact) mass is 675 g/mol. The van der Waals surface area contributed by atoms with Crippen molar-refractivity contribution >= 4 is 50.7 Å². The Morgan fingerprint density at radius 3 is 2.29 bits per heavy atom. The first-order chi connectivity index (χ1) is 21.5. The van der Waals surface area contributed by atoms with E-state index < -0.39 is 28.5 Å². The van der Waals surface area contributed by atoms with Crippen molar-refractivity contribution in [2.24, 2.45) is 0 Å². The second-order valence-corrected chi connectivity index (χ2v) is 13.9. The third-order valence-corrected chi connectivity index (χ3v) is 9.63. The van der Waals surface area contributed by atoms with Crippen LogP contribution in [0.4, 0.5) is 5.69 Å². The molecule has 0 aromatic heterocycles. The van der Waals surface area contributed by atoms with Gasteiger partial charge >= 0.3 is 0 Å². The molecule has 0 radical (unpaired) electrons. The molecule has 1 saturated carbocycles. The molecule has 0 aliphatic heterocycles. The molecule has 45 heavy (non-hydrogen) atoms. The van der Waals surface area contributed by atoms with E-state index in [2.05, 4.69) is 5.32 Å². The molecule has 0 heterocycles. The number of benzene rings is 3. The number of ether oxygens (including phenoxy) is 2. The standard InChI is InChI=1S/C33H39Cl2N3O6S/c1-43-27-16-17-31(44-2)29(20-27)38(45(3,41)42)22-32(39)37(21-24-14-15-25(34)19-28(24)35)30(18-23-10-6-4-7-11-23)33(40)36-26-12-8-5-9-13-26/h4,6-7,10-11,14-17,19-20,26,30H,5,8-9,12-13,18,21-22H2,1-3H3,(H,36,40)/t30-/m1/s1. The molecule has 2 amide bonds. The first-order valence-corrected chi connectivity index (χ1v) is 17.4. The van der Waals surface area contributed by atoms with Crippen molar-refractivity contribution < 1.29 is 27.5 Å². The summed E-state index contributed by atoms with van der Waals surface area (Å²) in [5, 5.41) is 3.92. The SMILES string of the molecule is COc1ccc(OC)c(N(CC(=O)N(Cc2ccc(Cl)cc2Cl)[C@H](Cc2ccccc2)C(=O)NC2CCCCC2)S(C)(=O)=O)c1. The normalized spacial score (nSPS) is 14.3. The average molecular weight is 677 g/mol. The molecular formula is C33H39Cl2N3O6S. The fraction of sp³-hybridized carbons (Fsp3) is 0.394. The van der Waals surface area contributed by atoms with Gasteiger partial charge in [-0.2, -0.15) is 0 Å². The number of hydrogen-bond donors (Lipinski definition) is 1. The van der Waals surface area contributed by atoms with Crippen LogP contribution < -0.4 is 19.1 Å². The van der Waals surface area contributed by atoms with E-state index in [9.17, 15) is 18.0 Å². The van der Waals surface area contributed by atoms with Gasteiger partial charge in [-0.3, -0.25) is 13.9 Å². The molecule has 1 aliphatic carbocycles. The Morgan fingerprint density at radius 1 is 0.956 bits per heavy atom. The number of amides is 2. The van der Waals surface area contributed by atoms with Crippen LogP contribution in [0.2, 0.25) is 10.0 Å². The van der Waals surface area contributed by atoms with Gasteiger partial charge in [0.1, 0.15) is 24.1 Å². The van der Waals surface area contributed by atoms with Gasteiger partial charge < -0.3 is 19.7 Å². The summed E-state index contributed by atoms with van der Waals surface area (Å²) in [6, 6.07) is 18.0. The minimum absolute atomic E-state index is 0.00541. The molecular weight excluding hydrogens is 637 g/mol. The molecule has 0 saturated heterocycles. The maximum Gasteiger partial charge on any atom is 0.244 e. The number of hydrogen-bond acceptors (Lipinski definition) is 6. The molecule has 1 aliphatic rings. The van der Waals surface area contributed by atoms with Crippen molar-refractivity contribution in [1.29, 1.82) is 0 Å². The largest absolute Gasteiger partial charge is 0.497 e. The Kier molecular flexibility index (Phi) is 12.0. The Labute approximate surface area is 275 Å². The van der Waals surface area contributed by atoms with Gasteiger partial charge in [-0.15, -0.1) is 0 Å². The third kappa shape index (κ3) is 9.28. The molecule has 3 aromatic rings. The lowest BCUT2D eigenvalue weighted by Gasteiger charge is -2.35. The number of anilines is 1.